The van der Waals surface area contributed by atoms with Crippen LogP contribution in [0.1, 0.15) is 34.7 Å². The van der Waals surface area contributed by atoms with Gasteiger partial charge in [0.2, 0.25) is 0 Å². The average molecular weight is 527 g/mol. The number of ether oxygens (including phenoxy) is 2. The number of hydrogen-bond donors (Lipinski definition) is 0. The largest absolute Gasteiger partial charge is 0.493 e. The van der Waals surface area contributed by atoms with Crippen LogP contribution in [-0.4, -0.2) is 25.0 Å². The molecule has 2 aliphatic rings. The Labute approximate surface area is 223 Å². The SMILES string of the molecule is COc1cccc(C=c2sc3n(c2=O)C(c2ccc(SC)cc2)C2=C(N=3)c3ccccc3CC2)c1OC. The Balaban J connectivity index is 1.61. The first kappa shape index (κ1) is 23.8. The highest BCUT2D eigenvalue weighted by Gasteiger charge is 2.32. The van der Waals surface area contributed by atoms with Gasteiger partial charge >= 0.3 is 0 Å². The lowest BCUT2D eigenvalue weighted by Gasteiger charge is -2.30. The summed E-state index contributed by atoms with van der Waals surface area (Å²) >= 11 is 3.13. The lowest BCUT2D eigenvalue weighted by Crippen LogP contribution is -2.38. The Hall–Kier alpha value is -3.55. The lowest BCUT2D eigenvalue weighted by molar-refractivity contribution is 0.354. The quantitative estimate of drug-likeness (QED) is 0.341. The molecule has 0 radical (unpaired) electrons. The van der Waals surface area contributed by atoms with E-state index in [0.29, 0.717) is 20.8 Å². The lowest BCUT2D eigenvalue weighted by atomic mass is 9.83. The van der Waals surface area contributed by atoms with Crippen molar-refractivity contribution in [1.82, 2.24) is 4.57 Å². The van der Waals surface area contributed by atoms with Crippen molar-refractivity contribution in [3.05, 3.63) is 114 Å². The van der Waals surface area contributed by atoms with Gasteiger partial charge < -0.3 is 9.47 Å². The van der Waals surface area contributed by atoms with Crippen molar-refractivity contribution < 1.29 is 9.47 Å². The van der Waals surface area contributed by atoms with E-state index in [0.717, 1.165) is 29.7 Å². The van der Waals surface area contributed by atoms with Crippen LogP contribution in [0.25, 0.3) is 11.8 Å². The third kappa shape index (κ3) is 4.03. The zero-order chi connectivity index (χ0) is 25.5. The average Bonchev–Trinajstić information content (AvgIpc) is 3.25. The molecule has 7 heteroatoms. The molecule has 1 unspecified atom stereocenters. The van der Waals surface area contributed by atoms with Crippen LogP contribution in [0.4, 0.5) is 0 Å². The van der Waals surface area contributed by atoms with Gasteiger partial charge in [-0.3, -0.25) is 9.36 Å². The minimum atomic E-state index is -0.190. The fourth-order valence-corrected chi connectivity index (χ4v) is 6.68. The summed E-state index contributed by atoms with van der Waals surface area (Å²) in [4.78, 5) is 21.0. The van der Waals surface area contributed by atoms with Crippen molar-refractivity contribution in [2.75, 3.05) is 20.5 Å². The van der Waals surface area contributed by atoms with Gasteiger partial charge in [0.15, 0.2) is 16.3 Å². The molecule has 1 aliphatic carbocycles. The van der Waals surface area contributed by atoms with E-state index in [-0.39, 0.29) is 11.6 Å². The summed E-state index contributed by atoms with van der Waals surface area (Å²) in [5, 5.41) is 0. The van der Waals surface area contributed by atoms with Crippen LogP contribution in [-0.2, 0) is 6.42 Å². The highest BCUT2D eigenvalue weighted by molar-refractivity contribution is 7.98. The van der Waals surface area contributed by atoms with Gasteiger partial charge in [-0.05, 0) is 60.1 Å². The number of hydrogen-bond acceptors (Lipinski definition) is 6. The second kappa shape index (κ2) is 9.72. The molecule has 0 saturated heterocycles. The Morgan fingerprint density at radius 1 is 1.00 bits per heavy atom. The van der Waals surface area contributed by atoms with E-state index in [1.165, 1.54) is 32.9 Å². The minimum Gasteiger partial charge on any atom is -0.493 e. The minimum absolute atomic E-state index is 0.0435. The van der Waals surface area contributed by atoms with Gasteiger partial charge in [0.05, 0.1) is 30.5 Å². The summed E-state index contributed by atoms with van der Waals surface area (Å²) in [6.45, 7) is 0. The normalized spacial score (nSPS) is 16.5. The predicted molar refractivity (Wildman–Crippen MR) is 151 cm³/mol. The first-order valence-corrected chi connectivity index (χ1v) is 14.1. The van der Waals surface area contributed by atoms with E-state index in [1.807, 2.05) is 28.8 Å². The number of aromatic nitrogens is 1. The second-order valence-electron chi connectivity index (χ2n) is 8.97. The van der Waals surface area contributed by atoms with Crippen LogP contribution in [0.5, 0.6) is 11.5 Å². The zero-order valence-electron chi connectivity index (χ0n) is 20.9. The van der Waals surface area contributed by atoms with Crippen LogP contribution >= 0.6 is 23.1 Å². The van der Waals surface area contributed by atoms with Crippen molar-refractivity contribution in [1.29, 1.82) is 0 Å². The number of thioether (sulfide) groups is 1. The van der Waals surface area contributed by atoms with E-state index in [1.54, 1.807) is 26.0 Å². The number of fused-ring (bicyclic) bond motifs is 3. The molecule has 1 aromatic heterocycles. The Kier molecular flexibility index (Phi) is 6.26. The van der Waals surface area contributed by atoms with E-state index in [9.17, 15) is 4.79 Å². The molecular weight excluding hydrogens is 500 g/mol. The molecule has 1 aliphatic heterocycles. The van der Waals surface area contributed by atoms with E-state index < -0.39 is 0 Å². The maximum Gasteiger partial charge on any atom is 0.271 e. The third-order valence-electron chi connectivity index (χ3n) is 7.02. The summed E-state index contributed by atoms with van der Waals surface area (Å²) in [5.74, 6) is 1.23. The fourth-order valence-electron chi connectivity index (χ4n) is 5.28. The van der Waals surface area contributed by atoms with Gasteiger partial charge in [-0.2, -0.15) is 0 Å². The van der Waals surface area contributed by atoms with Gasteiger partial charge in [-0.15, -0.1) is 11.8 Å². The molecule has 5 nitrogen and oxygen atoms in total. The van der Waals surface area contributed by atoms with Gasteiger partial charge in [0.25, 0.3) is 5.56 Å². The van der Waals surface area contributed by atoms with Crippen molar-refractivity contribution in [3.8, 4) is 11.5 Å². The molecule has 3 aromatic carbocycles. The van der Waals surface area contributed by atoms with E-state index in [4.69, 9.17) is 14.5 Å². The molecule has 2 heterocycles. The molecule has 0 bridgehead atoms. The van der Waals surface area contributed by atoms with E-state index in [2.05, 4.69) is 54.8 Å². The molecule has 0 amide bonds. The topological polar surface area (TPSA) is 52.8 Å². The third-order valence-corrected chi connectivity index (χ3v) is 8.75. The van der Waals surface area contributed by atoms with Gasteiger partial charge in [-0.25, -0.2) is 4.99 Å². The van der Waals surface area contributed by atoms with Gasteiger partial charge in [-0.1, -0.05) is 59.9 Å². The molecule has 0 spiro atoms. The van der Waals surface area contributed by atoms with Crippen molar-refractivity contribution in [3.63, 3.8) is 0 Å². The number of methoxy groups -OCH3 is 2. The zero-order valence-corrected chi connectivity index (χ0v) is 22.5. The second-order valence-corrected chi connectivity index (χ2v) is 10.9. The first-order chi connectivity index (χ1) is 18.1. The van der Waals surface area contributed by atoms with Crippen molar-refractivity contribution >= 4 is 34.9 Å². The Bertz CT molecular complexity index is 1710. The highest BCUT2D eigenvalue weighted by Crippen LogP contribution is 2.41. The number of nitrogens with zero attached hydrogens (tertiary/aromatic N) is 2. The maximum atomic E-state index is 14.0. The smallest absolute Gasteiger partial charge is 0.271 e. The monoisotopic (exact) mass is 526 g/mol. The molecule has 6 rings (SSSR count). The van der Waals surface area contributed by atoms with Gasteiger partial charge in [0.1, 0.15) is 0 Å². The summed E-state index contributed by atoms with van der Waals surface area (Å²) < 4.78 is 13.6. The standard InChI is InChI=1S/C30H26N2O3S2/c1-34-24-10-6-8-20(28(24)35-2)17-25-29(33)32-27(19-11-14-21(36-3)15-12-19)23-16-13-18-7-4-5-9-22(18)26(23)31-30(32)37-25/h4-12,14-15,17,27H,13,16H2,1-3H3. The van der Waals surface area contributed by atoms with Crippen molar-refractivity contribution in [2.24, 2.45) is 4.99 Å². The highest BCUT2D eigenvalue weighted by atomic mass is 32.2. The van der Waals surface area contributed by atoms with Crippen LogP contribution in [0.3, 0.4) is 0 Å². The number of allylic oxidation sites excluding steroid dienone is 1. The molecule has 0 saturated carbocycles. The molecule has 1 atom stereocenters. The summed E-state index contributed by atoms with van der Waals surface area (Å²) in [7, 11) is 3.22. The summed E-state index contributed by atoms with van der Waals surface area (Å²) in [6, 6.07) is 22.5. The van der Waals surface area contributed by atoms with Gasteiger partial charge in [0, 0.05) is 16.0 Å². The summed E-state index contributed by atoms with van der Waals surface area (Å²) in [5.41, 5.74) is 6.54. The van der Waals surface area contributed by atoms with Crippen LogP contribution in [0.15, 0.2) is 87.0 Å². The maximum absolute atomic E-state index is 14.0. The number of para-hydroxylation sites is 1. The van der Waals surface area contributed by atoms with Crippen LogP contribution in [0.2, 0.25) is 0 Å². The molecule has 0 N–H and O–H groups in total. The first-order valence-electron chi connectivity index (χ1n) is 12.1. The summed E-state index contributed by atoms with van der Waals surface area (Å²) in [6.07, 6.45) is 5.77. The molecule has 37 heavy (non-hydrogen) atoms. The number of benzene rings is 3. The number of aryl methyl sites for hydroxylation is 1. The number of rotatable bonds is 5. The Morgan fingerprint density at radius 3 is 2.57 bits per heavy atom. The molecule has 4 aromatic rings. The molecular formula is C30H26N2O3S2. The van der Waals surface area contributed by atoms with E-state index >= 15 is 0 Å². The number of thiazole rings is 1. The van der Waals surface area contributed by atoms with Crippen molar-refractivity contribution in [2.45, 2.75) is 23.8 Å². The Morgan fingerprint density at radius 2 is 1.81 bits per heavy atom. The molecule has 0 fully saturated rings. The van der Waals surface area contributed by atoms with Crippen LogP contribution < -0.4 is 24.4 Å². The fraction of sp³-hybridized carbons (Fsp3) is 0.200. The predicted octanol–water partition coefficient (Wildman–Crippen LogP) is 5.06. The van der Waals surface area contributed by atoms with Crippen LogP contribution in [0, 0.1) is 0 Å². The molecule has 186 valence electrons.